The third-order valence-electron chi connectivity index (χ3n) is 1.98. The van der Waals surface area contributed by atoms with Gasteiger partial charge in [0.1, 0.15) is 11.8 Å². The maximum absolute atomic E-state index is 11.9. The van der Waals surface area contributed by atoms with Crippen LogP contribution in [0.5, 0.6) is 5.75 Å². The molecule has 0 fully saturated rings. The molecule has 1 N–H and O–H groups in total. The summed E-state index contributed by atoms with van der Waals surface area (Å²) in [7, 11) is 0. The predicted octanol–water partition coefficient (Wildman–Crippen LogP) is 3.00. The minimum atomic E-state index is -2.82. The topological polar surface area (TPSA) is 45.0 Å². The van der Waals surface area contributed by atoms with Crippen LogP contribution in [0.1, 0.15) is 13.3 Å². The minimum absolute atomic E-state index is 0.102. The van der Waals surface area contributed by atoms with Crippen LogP contribution in [-0.4, -0.2) is 12.7 Å². The van der Waals surface area contributed by atoms with Gasteiger partial charge in [0.25, 0.3) is 0 Å². The number of nitrogens with one attached hydrogen (secondary N) is 1. The van der Waals surface area contributed by atoms with Crippen molar-refractivity contribution in [3.05, 3.63) is 24.3 Å². The van der Waals surface area contributed by atoms with Crippen molar-refractivity contribution in [1.82, 2.24) is 0 Å². The lowest BCUT2D eigenvalue weighted by Crippen LogP contribution is -2.15. The van der Waals surface area contributed by atoms with Crippen LogP contribution < -0.4 is 10.1 Å². The highest BCUT2D eigenvalue weighted by atomic mass is 19.3. The van der Waals surface area contributed by atoms with Crippen molar-refractivity contribution in [3.8, 4) is 11.8 Å². The van der Waals surface area contributed by atoms with E-state index >= 15 is 0 Å². The standard InChI is InChI=1S/C11H12F2N2O/c1-2-8(7-14)15-9-3-5-10(6-4-9)16-11(12)13/h3-6,8,11,15H,2H2,1H3. The minimum Gasteiger partial charge on any atom is -0.435 e. The molecule has 0 spiro atoms. The summed E-state index contributed by atoms with van der Waals surface area (Å²) in [6.45, 7) is -0.934. The number of alkyl halides is 2. The molecule has 0 bridgehead atoms. The number of anilines is 1. The zero-order chi connectivity index (χ0) is 12.0. The molecule has 5 heteroatoms. The third-order valence-corrected chi connectivity index (χ3v) is 1.98. The fourth-order valence-corrected chi connectivity index (χ4v) is 1.16. The number of benzene rings is 1. The molecule has 0 aliphatic carbocycles. The zero-order valence-electron chi connectivity index (χ0n) is 8.78. The van der Waals surface area contributed by atoms with E-state index in [0.717, 1.165) is 0 Å². The van der Waals surface area contributed by atoms with Gasteiger partial charge in [-0.15, -0.1) is 0 Å². The summed E-state index contributed by atoms with van der Waals surface area (Å²) >= 11 is 0. The van der Waals surface area contributed by atoms with Gasteiger partial charge in [-0.1, -0.05) is 6.92 Å². The molecule has 1 unspecified atom stereocenters. The summed E-state index contributed by atoms with van der Waals surface area (Å²) in [5.74, 6) is 0.102. The van der Waals surface area contributed by atoms with Gasteiger partial charge in [0.15, 0.2) is 0 Å². The monoisotopic (exact) mass is 226 g/mol. The first kappa shape index (κ1) is 12.2. The van der Waals surface area contributed by atoms with E-state index in [9.17, 15) is 8.78 Å². The number of halogens is 2. The Bertz CT molecular complexity index is 359. The Balaban J connectivity index is 2.61. The summed E-state index contributed by atoms with van der Waals surface area (Å²) < 4.78 is 27.9. The Morgan fingerprint density at radius 2 is 2.00 bits per heavy atom. The van der Waals surface area contributed by atoms with Crippen molar-refractivity contribution in [2.24, 2.45) is 0 Å². The molecule has 1 rings (SSSR count). The molecule has 1 aromatic carbocycles. The van der Waals surface area contributed by atoms with Crippen LogP contribution in [0.4, 0.5) is 14.5 Å². The first-order chi connectivity index (χ1) is 7.65. The molecular formula is C11H12F2N2O. The van der Waals surface area contributed by atoms with Gasteiger partial charge in [-0.25, -0.2) is 0 Å². The fraction of sp³-hybridized carbons (Fsp3) is 0.364. The van der Waals surface area contributed by atoms with Crippen LogP contribution in [0, 0.1) is 11.3 Å². The Morgan fingerprint density at radius 1 is 1.38 bits per heavy atom. The highest BCUT2D eigenvalue weighted by Crippen LogP contribution is 2.18. The molecule has 1 atom stereocenters. The van der Waals surface area contributed by atoms with Gasteiger partial charge >= 0.3 is 6.61 Å². The van der Waals surface area contributed by atoms with Crippen LogP contribution in [0.15, 0.2) is 24.3 Å². The van der Waals surface area contributed by atoms with Gasteiger partial charge in [0.05, 0.1) is 6.07 Å². The van der Waals surface area contributed by atoms with E-state index in [0.29, 0.717) is 12.1 Å². The Morgan fingerprint density at radius 3 is 2.44 bits per heavy atom. The highest BCUT2D eigenvalue weighted by Gasteiger charge is 2.05. The van der Waals surface area contributed by atoms with Crippen LogP contribution in [0.2, 0.25) is 0 Å². The van der Waals surface area contributed by atoms with E-state index in [1.807, 2.05) is 6.92 Å². The molecule has 0 heterocycles. The summed E-state index contributed by atoms with van der Waals surface area (Å²) in [4.78, 5) is 0. The van der Waals surface area contributed by atoms with E-state index < -0.39 is 6.61 Å². The number of nitriles is 1. The van der Waals surface area contributed by atoms with Crippen LogP contribution in [-0.2, 0) is 0 Å². The molecule has 0 aliphatic rings. The summed E-state index contributed by atoms with van der Waals surface area (Å²) in [6.07, 6.45) is 0.672. The number of ether oxygens (including phenoxy) is 1. The largest absolute Gasteiger partial charge is 0.435 e. The normalized spacial score (nSPS) is 11.9. The number of rotatable bonds is 5. The second kappa shape index (κ2) is 5.91. The average Bonchev–Trinajstić information content (AvgIpc) is 2.27. The molecule has 0 aliphatic heterocycles. The van der Waals surface area contributed by atoms with Gasteiger partial charge in [-0.3, -0.25) is 0 Å². The lowest BCUT2D eigenvalue weighted by Gasteiger charge is -2.11. The third kappa shape index (κ3) is 3.73. The Labute approximate surface area is 92.6 Å². The first-order valence-corrected chi connectivity index (χ1v) is 4.86. The molecule has 3 nitrogen and oxygen atoms in total. The second-order valence-corrected chi connectivity index (χ2v) is 3.14. The van der Waals surface area contributed by atoms with Crippen LogP contribution >= 0.6 is 0 Å². The van der Waals surface area contributed by atoms with E-state index in [2.05, 4.69) is 16.1 Å². The van der Waals surface area contributed by atoms with E-state index in [1.165, 1.54) is 12.1 Å². The molecule has 0 saturated heterocycles. The maximum atomic E-state index is 11.9. The van der Waals surface area contributed by atoms with Crippen molar-refractivity contribution in [3.63, 3.8) is 0 Å². The maximum Gasteiger partial charge on any atom is 0.387 e. The van der Waals surface area contributed by atoms with Crippen molar-refractivity contribution < 1.29 is 13.5 Å². The van der Waals surface area contributed by atoms with Gasteiger partial charge in [0, 0.05) is 5.69 Å². The Kier molecular flexibility index (Phi) is 4.52. The number of nitrogens with zero attached hydrogens (tertiary/aromatic N) is 1. The van der Waals surface area contributed by atoms with E-state index in [4.69, 9.17) is 5.26 Å². The van der Waals surface area contributed by atoms with E-state index in [1.54, 1.807) is 12.1 Å². The number of hydrogen-bond donors (Lipinski definition) is 1. The lowest BCUT2D eigenvalue weighted by atomic mass is 10.2. The molecule has 16 heavy (non-hydrogen) atoms. The van der Waals surface area contributed by atoms with Crippen LogP contribution in [0.3, 0.4) is 0 Å². The molecule has 0 amide bonds. The molecule has 86 valence electrons. The molecule has 0 radical (unpaired) electrons. The van der Waals surface area contributed by atoms with Crippen LogP contribution in [0.25, 0.3) is 0 Å². The number of hydrogen-bond acceptors (Lipinski definition) is 3. The zero-order valence-corrected chi connectivity index (χ0v) is 8.78. The Hall–Kier alpha value is -1.83. The molecular weight excluding hydrogens is 214 g/mol. The molecule has 0 saturated carbocycles. The van der Waals surface area contributed by atoms with Gasteiger partial charge in [0.2, 0.25) is 0 Å². The molecule has 0 aromatic heterocycles. The van der Waals surface area contributed by atoms with Gasteiger partial charge in [-0.05, 0) is 30.7 Å². The summed E-state index contributed by atoms with van der Waals surface area (Å²) in [5.41, 5.74) is 0.704. The van der Waals surface area contributed by atoms with Crippen molar-refractivity contribution in [1.29, 1.82) is 5.26 Å². The summed E-state index contributed by atoms with van der Waals surface area (Å²) in [6, 6.07) is 7.86. The lowest BCUT2D eigenvalue weighted by molar-refractivity contribution is -0.0498. The van der Waals surface area contributed by atoms with Gasteiger partial charge in [-0.2, -0.15) is 14.0 Å². The smallest absolute Gasteiger partial charge is 0.387 e. The fourth-order valence-electron chi connectivity index (χ4n) is 1.16. The average molecular weight is 226 g/mol. The SMILES string of the molecule is CCC(C#N)Nc1ccc(OC(F)F)cc1. The highest BCUT2D eigenvalue weighted by molar-refractivity contribution is 5.48. The van der Waals surface area contributed by atoms with Crippen molar-refractivity contribution in [2.45, 2.75) is 26.0 Å². The second-order valence-electron chi connectivity index (χ2n) is 3.14. The van der Waals surface area contributed by atoms with Crippen molar-refractivity contribution >= 4 is 5.69 Å². The van der Waals surface area contributed by atoms with Crippen molar-refractivity contribution in [2.75, 3.05) is 5.32 Å². The molecule has 1 aromatic rings. The van der Waals surface area contributed by atoms with Gasteiger partial charge < -0.3 is 10.1 Å². The first-order valence-electron chi connectivity index (χ1n) is 4.86. The quantitative estimate of drug-likeness (QED) is 0.839. The predicted molar refractivity (Wildman–Crippen MR) is 56.4 cm³/mol. The van der Waals surface area contributed by atoms with E-state index in [-0.39, 0.29) is 11.8 Å². The summed E-state index contributed by atoms with van der Waals surface area (Å²) in [5, 5.41) is 11.7.